The molecule has 1 heterocycles. The molecule has 2 unspecified atom stereocenters. The molecule has 0 radical (unpaired) electrons. The van der Waals surface area contributed by atoms with Crippen molar-refractivity contribution in [1.82, 2.24) is 5.32 Å². The fourth-order valence-corrected chi connectivity index (χ4v) is 3.63. The number of hydrogen-bond acceptors (Lipinski definition) is 2. The van der Waals surface area contributed by atoms with Crippen LogP contribution in [0.15, 0.2) is 36.0 Å². The molecule has 1 N–H and O–H groups in total. The van der Waals surface area contributed by atoms with Crippen molar-refractivity contribution in [3.05, 3.63) is 47.2 Å². The van der Waals surface area contributed by atoms with E-state index in [1.165, 1.54) is 24.1 Å². The van der Waals surface area contributed by atoms with E-state index < -0.39 is 0 Å². The molecule has 1 saturated carbocycles. The molecule has 4 rings (SSSR count). The van der Waals surface area contributed by atoms with E-state index in [9.17, 15) is 4.79 Å². The summed E-state index contributed by atoms with van der Waals surface area (Å²) in [6.07, 6.45) is 4.30. The molecule has 16 heavy (non-hydrogen) atoms. The Balaban J connectivity index is 2.03. The predicted molar refractivity (Wildman–Crippen MR) is 61.3 cm³/mol. The zero-order valence-electron chi connectivity index (χ0n) is 8.99. The molecule has 1 saturated heterocycles. The van der Waals surface area contributed by atoms with Gasteiger partial charge in [-0.1, -0.05) is 24.3 Å². The molecule has 2 nitrogen and oxygen atoms in total. The van der Waals surface area contributed by atoms with Gasteiger partial charge in [0.05, 0.1) is 0 Å². The molecular weight excluding hydrogens is 198 g/mol. The Morgan fingerprint density at radius 2 is 2.19 bits per heavy atom. The van der Waals surface area contributed by atoms with E-state index >= 15 is 0 Å². The van der Waals surface area contributed by atoms with Crippen molar-refractivity contribution in [1.29, 1.82) is 0 Å². The average Bonchev–Trinajstić information content (AvgIpc) is 2.51. The van der Waals surface area contributed by atoms with Gasteiger partial charge in [0.25, 0.3) is 0 Å². The first kappa shape index (κ1) is 8.57. The van der Waals surface area contributed by atoms with Crippen LogP contribution in [0.5, 0.6) is 0 Å². The van der Waals surface area contributed by atoms with Crippen LogP contribution in [0.2, 0.25) is 0 Å². The zero-order chi connectivity index (χ0) is 10.8. The summed E-state index contributed by atoms with van der Waals surface area (Å²) in [6, 6.07) is 8.12. The van der Waals surface area contributed by atoms with E-state index in [2.05, 4.69) is 17.4 Å². The third-order valence-corrected chi connectivity index (χ3v) is 4.55. The van der Waals surface area contributed by atoms with Crippen LogP contribution in [0.3, 0.4) is 0 Å². The molecule has 0 bridgehead atoms. The van der Waals surface area contributed by atoms with Gasteiger partial charge in [-0.25, -0.2) is 0 Å². The summed E-state index contributed by atoms with van der Waals surface area (Å²) < 4.78 is 0. The minimum absolute atomic E-state index is 0.163. The summed E-state index contributed by atoms with van der Waals surface area (Å²) in [4.78, 5) is 12.0. The van der Waals surface area contributed by atoms with Gasteiger partial charge in [0.15, 0.2) is 5.78 Å². The third-order valence-electron chi connectivity index (χ3n) is 4.55. The molecule has 1 aromatic rings. The molecule has 2 aliphatic carbocycles. The van der Waals surface area contributed by atoms with Gasteiger partial charge in [-0.3, -0.25) is 4.79 Å². The van der Waals surface area contributed by atoms with Crippen LogP contribution < -0.4 is 5.32 Å². The Hall–Kier alpha value is -1.57. The van der Waals surface area contributed by atoms with Crippen molar-refractivity contribution in [3.63, 3.8) is 0 Å². The predicted octanol–water partition coefficient (Wildman–Crippen LogP) is 2.02. The summed E-state index contributed by atoms with van der Waals surface area (Å²) in [6.45, 7) is 1.04. The van der Waals surface area contributed by atoms with Crippen molar-refractivity contribution < 1.29 is 4.79 Å². The molecule has 1 aromatic carbocycles. The number of hydrogen-bond donors (Lipinski definition) is 1. The van der Waals surface area contributed by atoms with Crippen molar-refractivity contribution in [3.8, 4) is 0 Å². The third kappa shape index (κ3) is 0.753. The Kier molecular flexibility index (Phi) is 1.37. The van der Waals surface area contributed by atoms with Gasteiger partial charge in [-0.15, -0.1) is 0 Å². The molecule has 0 aromatic heterocycles. The van der Waals surface area contributed by atoms with E-state index in [1.807, 2.05) is 18.2 Å². The lowest BCUT2D eigenvalue weighted by Gasteiger charge is -2.47. The van der Waals surface area contributed by atoms with Crippen LogP contribution >= 0.6 is 0 Å². The molecule has 1 spiro atoms. The number of ketones is 1. The van der Waals surface area contributed by atoms with Crippen LogP contribution in [-0.4, -0.2) is 12.3 Å². The summed E-state index contributed by atoms with van der Waals surface area (Å²) >= 11 is 0. The van der Waals surface area contributed by atoms with Gasteiger partial charge in [-0.2, -0.15) is 0 Å². The highest BCUT2D eigenvalue weighted by molar-refractivity contribution is 6.08. The molecular formula is C14H13NO. The monoisotopic (exact) mass is 211 g/mol. The first-order chi connectivity index (χ1) is 7.82. The summed E-state index contributed by atoms with van der Waals surface area (Å²) in [5.41, 5.74) is 3.52. The van der Waals surface area contributed by atoms with E-state index in [1.54, 1.807) is 0 Å². The molecule has 1 aliphatic heterocycles. The molecule has 3 aliphatic rings. The largest absolute Gasteiger partial charge is 0.387 e. The second-order valence-electron chi connectivity index (χ2n) is 5.06. The number of benzene rings is 1. The summed E-state index contributed by atoms with van der Waals surface area (Å²) in [5.74, 6) is 0.865. The smallest absolute Gasteiger partial charge is 0.187 e. The number of rotatable bonds is 0. The minimum atomic E-state index is 0.163. The average molecular weight is 211 g/mol. The van der Waals surface area contributed by atoms with Crippen molar-refractivity contribution in [2.24, 2.45) is 5.92 Å². The quantitative estimate of drug-likeness (QED) is 0.711. The highest BCUT2D eigenvalue weighted by atomic mass is 16.1. The maximum Gasteiger partial charge on any atom is 0.187 e. The van der Waals surface area contributed by atoms with E-state index in [0.29, 0.717) is 5.92 Å². The van der Waals surface area contributed by atoms with Crippen LogP contribution in [0.1, 0.15) is 28.8 Å². The maximum absolute atomic E-state index is 12.0. The summed E-state index contributed by atoms with van der Waals surface area (Å²) in [5, 5.41) is 3.42. The second kappa shape index (κ2) is 2.57. The number of carbonyl (C=O) groups excluding carboxylic acids is 1. The fourth-order valence-electron chi connectivity index (χ4n) is 3.63. The minimum Gasteiger partial charge on any atom is -0.387 e. The SMILES string of the molecule is O=C1C=C2NCC3CCC23c2ccccc21. The van der Waals surface area contributed by atoms with Gasteiger partial charge in [0.1, 0.15) is 0 Å². The Labute approximate surface area is 94.4 Å². The van der Waals surface area contributed by atoms with Crippen molar-refractivity contribution in [2.45, 2.75) is 18.3 Å². The highest BCUT2D eigenvalue weighted by Crippen LogP contribution is 2.58. The molecule has 2 fully saturated rings. The Bertz CT molecular complexity index is 531. The van der Waals surface area contributed by atoms with Crippen LogP contribution in [0.25, 0.3) is 0 Å². The van der Waals surface area contributed by atoms with Crippen molar-refractivity contribution in [2.75, 3.05) is 6.54 Å². The van der Waals surface area contributed by atoms with Gasteiger partial charge in [-0.05, 0) is 24.3 Å². The lowest BCUT2D eigenvalue weighted by atomic mass is 9.55. The number of fused-ring (bicyclic) bond motifs is 1. The first-order valence-electron chi connectivity index (χ1n) is 5.92. The molecule has 2 atom stereocenters. The number of allylic oxidation sites excluding steroid dienone is 2. The number of carbonyl (C=O) groups is 1. The topological polar surface area (TPSA) is 29.1 Å². The lowest BCUT2D eigenvalue weighted by molar-refractivity contribution is 0.102. The molecule has 0 amide bonds. The van der Waals surface area contributed by atoms with E-state index in [4.69, 9.17) is 0 Å². The summed E-state index contributed by atoms with van der Waals surface area (Å²) in [7, 11) is 0. The van der Waals surface area contributed by atoms with Crippen LogP contribution in [-0.2, 0) is 5.41 Å². The maximum atomic E-state index is 12.0. The van der Waals surface area contributed by atoms with Crippen LogP contribution in [0, 0.1) is 5.92 Å². The molecule has 2 heteroatoms. The normalized spacial score (nSPS) is 34.1. The fraction of sp³-hybridized carbons (Fsp3) is 0.357. The van der Waals surface area contributed by atoms with Gasteiger partial charge in [0.2, 0.25) is 0 Å². The van der Waals surface area contributed by atoms with Gasteiger partial charge in [0, 0.05) is 29.3 Å². The second-order valence-corrected chi connectivity index (χ2v) is 5.06. The van der Waals surface area contributed by atoms with E-state index in [-0.39, 0.29) is 11.2 Å². The highest BCUT2D eigenvalue weighted by Gasteiger charge is 2.56. The van der Waals surface area contributed by atoms with Crippen LogP contribution in [0.4, 0.5) is 0 Å². The number of nitrogens with one attached hydrogen (secondary N) is 1. The van der Waals surface area contributed by atoms with Gasteiger partial charge < -0.3 is 5.32 Å². The van der Waals surface area contributed by atoms with E-state index in [0.717, 1.165) is 12.1 Å². The molecule has 80 valence electrons. The Morgan fingerprint density at radius 3 is 3.00 bits per heavy atom. The zero-order valence-corrected chi connectivity index (χ0v) is 8.99. The standard InChI is InChI=1S/C14H13NO/c16-12-7-13-14(6-5-9(14)8-15-13)11-4-2-1-3-10(11)12/h1-4,7,9,15H,5-6,8H2. The Morgan fingerprint density at radius 1 is 1.31 bits per heavy atom. The van der Waals surface area contributed by atoms with Crippen molar-refractivity contribution >= 4 is 5.78 Å². The lowest BCUT2D eigenvalue weighted by Crippen LogP contribution is -2.45. The van der Waals surface area contributed by atoms with Gasteiger partial charge >= 0.3 is 0 Å². The first-order valence-corrected chi connectivity index (χ1v) is 5.92.